The highest BCUT2D eigenvalue weighted by atomic mass is 16.2. The zero-order valence-corrected chi connectivity index (χ0v) is 15.0. The van der Waals surface area contributed by atoms with Gasteiger partial charge in [0.1, 0.15) is 5.82 Å². The summed E-state index contributed by atoms with van der Waals surface area (Å²) >= 11 is 0. The lowest BCUT2D eigenvalue weighted by molar-refractivity contribution is -0.115. The maximum Gasteiger partial charge on any atom is 0.251 e. The standard InChI is InChI=1S/C20H22N4O2/c1-3-19(25)22-15-9-10-17-16(13-15)23-18(24(17)2)11-12-21-20(26)14-7-5-4-6-8-14/h4-10,13H,3,11-12H2,1-2H3,(H,21,26)(H,22,25). The lowest BCUT2D eigenvalue weighted by Crippen LogP contribution is -2.26. The van der Waals surface area contributed by atoms with Gasteiger partial charge < -0.3 is 15.2 Å². The first kappa shape index (κ1) is 17.7. The van der Waals surface area contributed by atoms with Gasteiger partial charge in [-0.1, -0.05) is 25.1 Å². The van der Waals surface area contributed by atoms with Crippen LogP contribution in [0.15, 0.2) is 48.5 Å². The first-order valence-electron chi connectivity index (χ1n) is 8.67. The topological polar surface area (TPSA) is 76.0 Å². The van der Waals surface area contributed by atoms with Crippen molar-refractivity contribution in [1.29, 1.82) is 0 Å². The molecule has 1 heterocycles. The van der Waals surface area contributed by atoms with Crippen LogP contribution in [0.1, 0.15) is 29.5 Å². The molecule has 3 rings (SSSR count). The van der Waals surface area contributed by atoms with Gasteiger partial charge in [-0.15, -0.1) is 0 Å². The van der Waals surface area contributed by atoms with Crippen LogP contribution in [0.3, 0.4) is 0 Å². The van der Waals surface area contributed by atoms with E-state index in [9.17, 15) is 9.59 Å². The highest BCUT2D eigenvalue weighted by Gasteiger charge is 2.10. The molecule has 0 saturated heterocycles. The fourth-order valence-electron chi connectivity index (χ4n) is 2.78. The van der Waals surface area contributed by atoms with Gasteiger partial charge in [-0.05, 0) is 30.3 Å². The van der Waals surface area contributed by atoms with Gasteiger partial charge in [0, 0.05) is 37.7 Å². The van der Waals surface area contributed by atoms with Crippen LogP contribution in [0.4, 0.5) is 5.69 Å². The van der Waals surface area contributed by atoms with Crippen LogP contribution >= 0.6 is 0 Å². The Morgan fingerprint density at radius 1 is 1.12 bits per heavy atom. The Morgan fingerprint density at radius 3 is 2.62 bits per heavy atom. The van der Waals surface area contributed by atoms with E-state index in [1.165, 1.54) is 0 Å². The minimum atomic E-state index is -0.0890. The molecule has 0 aliphatic carbocycles. The monoisotopic (exact) mass is 350 g/mol. The molecule has 1 aromatic heterocycles. The third-order valence-corrected chi connectivity index (χ3v) is 4.25. The molecule has 26 heavy (non-hydrogen) atoms. The Bertz CT molecular complexity index is 932. The second kappa shape index (κ2) is 7.82. The molecule has 0 unspecified atom stereocenters. The van der Waals surface area contributed by atoms with E-state index in [0.29, 0.717) is 24.9 Å². The number of anilines is 1. The van der Waals surface area contributed by atoms with Gasteiger partial charge in [0.25, 0.3) is 5.91 Å². The van der Waals surface area contributed by atoms with Crippen LogP contribution in [0.2, 0.25) is 0 Å². The van der Waals surface area contributed by atoms with E-state index < -0.39 is 0 Å². The quantitative estimate of drug-likeness (QED) is 0.718. The highest BCUT2D eigenvalue weighted by Crippen LogP contribution is 2.20. The van der Waals surface area contributed by atoms with E-state index in [1.807, 2.05) is 54.9 Å². The molecule has 0 atom stereocenters. The number of benzene rings is 2. The minimum absolute atomic E-state index is 0.0240. The number of imidazole rings is 1. The van der Waals surface area contributed by atoms with Crippen molar-refractivity contribution in [2.24, 2.45) is 7.05 Å². The van der Waals surface area contributed by atoms with Crippen LogP contribution in [-0.2, 0) is 18.3 Å². The van der Waals surface area contributed by atoms with Crippen LogP contribution < -0.4 is 10.6 Å². The fraction of sp³-hybridized carbons (Fsp3) is 0.250. The summed E-state index contributed by atoms with van der Waals surface area (Å²) in [6.45, 7) is 2.32. The number of hydrogen-bond acceptors (Lipinski definition) is 3. The van der Waals surface area contributed by atoms with E-state index in [-0.39, 0.29) is 11.8 Å². The van der Waals surface area contributed by atoms with Crippen molar-refractivity contribution in [3.8, 4) is 0 Å². The Morgan fingerprint density at radius 2 is 1.88 bits per heavy atom. The molecule has 134 valence electrons. The van der Waals surface area contributed by atoms with Crippen molar-refractivity contribution in [2.45, 2.75) is 19.8 Å². The number of rotatable bonds is 6. The average Bonchev–Trinajstić information content (AvgIpc) is 2.97. The summed E-state index contributed by atoms with van der Waals surface area (Å²) in [5.74, 6) is 0.769. The molecule has 2 amide bonds. The number of fused-ring (bicyclic) bond motifs is 1. The number of carbonyl (C=O) groups is 2. The van der Waals surface area contributed by atoms with Gasteiger partial charge in [-0.25, -0.2) is 4.98 Å². The van der Waals surface area contributed by atoms with Crippen LogP contribution in [0.5, 0.6) is 0 Å². The molecule has 6 heteroatoms. The summed E-state index contributed by atoms with van der Waals surface area (Å²) in [5, 5.41) is 5.76. The van der Waals surface area contributed by atoms with Gasteiger partial charge in [-0.3, -0.25) is 9.59 Å². The van der Waals surface area contributed by atoms with E-state index >= 15 is 0 Å². The molecule has 0 spiro atoms. The van der Waals surface area contributed by atoms with Gasteiger partial charge in [0.15, 0.2) is 0 Å². The van der Waals surface area contributed by atoms with Crippen LogP contribution in [0.25, 0.3) is 11.0 Å². The first-order chi connectivity index (χ1) is 12.6. The number of nitrogens with one attached hydrogen (secondary N) is 2. The third-order valence-electron chi connectivity index (χ3n) is 4.25. The Hall–Kier alpha value is -3.15. The number of hydrogen-bond donors (Lipinski definition) is 2. The molecule has 0 aliphatic rings. The molecular formula is C20H22N4O2. The second-order valence-electron chi connectivity index (χ2n) is 6.06. The second-order valence-corrected chi connectivity index (χ2v) is 6.06. The molecule has 2 N–H and O–H groups in total. The average molecular weight is 350 g/mol. The van der Waals surface area contributed by atoms with Crippen LogP contribution in [-0.4, -0.2) is 27.9 Å². The predicted molar refractivity (Wildman–Crippen MR) is 102 cm³/mol. The van der Waals surface area contributed by atoms with E-state index in [2.05, 4.69) is 15.6 Å². The summed E-state index contributed by atoms with van der Waals surface area (Å²) < 4.78 is 2.01. The van der Waals surface area contributed by atoms with E-state index in [0.717, 1.165) is 22.5 Å². The minimum Gasteiger partial charge on any atom is -0.352 e. The molecule has 6 nitrogen and oxygen atoms in total. The normalized spacial score (nSPS) is 10.7. The Balaban J connectivity index is 1.67. The van der Waals surface area contributed by atoms with Crippen molar-refractivity contribution < 1.29 is 9.59 Å². The number of amides is 2. The molecule has 0 aliphatic heterocycles. The number of nitrogens with zero attached hydrogens (tertiary/aromatic N) is 2. The summed E-state index contributed by atoms with van der Waals surface area (Å²) in [7, 11) is 1.95. The van der Waals surface area contributed by atoms with Crippen molar-refractivity contribution >= 4 is 28.5 Å². The summed E-state index contributed by atoms with van der Waals surface area (Å²) in [6.07, 6.45) is 1.06. The number of aryl methyl sites for hydroxylation is 1. The lowest BCUT2D eigenvalue weighted by Gasteiger charge is -2.06. The van der Waals surface area contributed by atoms with Crippen molar-refractivity contribution in [2.75, 3.05) is 11.9 Å². The molecule has 0 bridgehead atoms. The van der Waals surface area contributed by atoms with Gasteiger partial charge in [0.2, 0.25) is 5.91 Å². The van der Waals surface area contributed by atoms with Crippen molar-refractivity contribution in [3.63, 3.8) is 0 Å². The van der Waals surface area contributed by atoms with Crippen molar-refractivity contribution in [1.82, 2.24) is 14.9 Å². The highest BCUT2D eigenvalue weighted by molar-refractivity contribution is 5.94. The molecule has 3 aromatic rings. The number of aromatic nitrogens is 2. The zero-order chi connectivity index (χ0) is 18.5. The third kappa shape index (κ3) is 3.91. The maximum absolute atomic E-state index is 12.1. The summed E-state index contributed by atoms with van der Waals surface area (Å²) in [6, 6.07) is 14.8. The Labute approximate surface area is 152 Å². The van der Waals surface area contributed by atoms with Gasteiger partial charge in [-0.2, -0.15) is 0 Å². The van der Waals surface area contributed by atoms with E-state index in [1.54, 1.807) is 12.1 Å². The summed E-state index contributed by atoms with van der Waals surface area (Å²) in [5.41, 5.74) is 3.20. The van der Waals surface area contributed by atoms with Gasteiger partial charge >= 0.3 is 0 Å². The van der Waals surface area contributed by atoms with Gasteiger partial charge in [0.05, 0.1) is 11.0 Å². The fourth-order valence-corrected chi connectivity index (χ4v) is 2.78. The zero-order valence-electron chi connectivity index (χ0n) is 15.0. The smallest absolute Gasteiger partial charge is 0.251 e. The first-order valence-corrected chi connectivity index (χ1v) is 8.67. The Kier molecular flexibility index (Phi) is 5.31. The molecule has 2 aromatic carbocycles. The maximum atomic E-state index is 12.1. The molecule has 0 saturated carbocycles. The largest absolute Gasteiger partial charge is 0.352 e. The molecule has 0 radical (unpaired) electrons. The molecule has 0 fully saturated rings. The SMILES string of the molecule is CCC(=O)Nc1ccc2c(c1)nc(CCNC(=O)c1ccccc1)n2C. The summed E-state index contributed by atoms with van der Waals surface area (Å²) in [4.78, 5) is 28.3. The van der Waals surface area contributed by atoms with E-state index in [4.69, 9.17) is 0 Å². The van der Waals surface area contributed by atoms with Crippen LogP contribution in [0, 0.1) is 0 Å². The van der Waals surface area contributed by atoms with Crippen molar-refractivity contribution in [3.05, 3.63) is 59.9 Å². The lowest BCUT2D eigenvalue weighted by atomic mass is 10.2. The number of carbonyl (C=O) groups excluding carboxylic acids is 2. The predicted octanol–water partition coefficient (Wildman–Crippen LogP) is 2.89. The molecular weight excluding hydrogens is 328 g/mol.